The van der Waals surface area contributed by atoms with Gasteiger partial charge in [-0.2, -0.15) is 0 Å². The first kappa shape index (κ1) is 14.4. The second kappa shape index (κ2) is 5.32. The zero-order chi connectivity index (χ0) is 13.9. The van der Waals surface area contributed by atoms with Crippen molar-refractivity contribution in [2.45, 2.75) is 19.4 Å². The van der Waals surface area contributed by atoms with Crippen LogP contribution in [0.25, 0.3) is 0 Å². The number of nitrogens with zero attached hydrogens (tertiary/aromatic N) is 1. The second-order valence-corrected chi connectivity index (χ2v) is 4.50. The van der Waals surface area contributed by atoms with Crippen LogP contribution in [0.1, 0.15) is 13.8 Å². The molecule has 7 heteroatoms. The van der Waals surface area contributed by atoms with Gasteiger partial charge >= 0.3 is 0 Å². The molecule has 1 amide bonds. The minimum absolute atomic E-state index is 0.0176. The van der Waals surface area contributed by atoms with Crippen LogP contribution in [0, 0.1) is 10.1 Å². The maximum absolute atomic E-state index is 11.8. The Bertz CT molecular complexity index is 488. The number of benzene rings is 1. The van der Waals surface area contributed by atoms with Crippen LogP contribution in [0.2, 0.25) is 5.02 Å². The Morgan fingerprint density at radius 2 is 2.11 bits per heavy atom. The fraction of sp³-hybridized carbons (Fsp3) is 0.364. The molecule has 0 bridgehead atoms. The summed E-state index contributed by atoms with van der Waals surface area (Å²) in [6, 6.07) is 4.04. The number of ether oxygens (including phenoxy) is 1. The summed E-state index contributed by atoms with van der Waals surface area (Å²) < 4.78 is 5.00. The molecule has 1 rings (SSSR count). The number of carbonyl (C=O) groups excluding carboxylic acids is 1. The molecule has 0 saturated carbocycles. The topological polar surface area (TPSA) is 81.5 Å². The first-order chi connectivity index (χ1) is 8.27. The van der Waals surface area contributed by atoms with Crippen molar-refractivity contribution in [3.8, 4) is 0 Å². The third-order valence-corrected chi connectivity index (χ3v) is 2.78. The SMILES string of the molecule is COC(C)(C)C(=O)Nc1ccc(Cl)c([N+](=O)[O-])c1. The number of hydrogen-bond donors (Lipinski definition) is 1. The van der Waals surface area contributed by atoms with E-state index in [1.807, 2.05) is 0 Å². The van der Waals surface area contributed by atoms with E-state index in [0.717, 1.165) is 0 Å². The van der Waals surface area contributed by atoms with Crippen LogP contribution in [-0.2, 0) is 9.53 Å². The third kappa shape index (κ3) is 3.18. The Kier molecular flexibility index (Phi) is 4.26. The number of rotatable bonds is 4. The van der Waals surface area contributed by atoms with Crippen LogP contribution < -0.4 is 5.32 Å². The fourth-order valence-corrected chi connectivity index (χ4v) is 1.29. The minimum atomic E-state index is -1.02. The van der Waals surface area contributed by atoms with Crippen molar-refractivity contribution < 1.29 is 14.5 Å². The number of nitro benzene ring substituents is 1. The highest BCUT2D eigenvalue weighted by Crippen LogP contribution is 2.27. The van der Waals surface area contributed by atoms with Gasteiger partial charge in [-0.3, -0.25) is 14.9 Å². The number of carbonyl (C=O) groups is 1. The molecule has 18 heavy (non-hydrogen) atoms. The van der Waals surface area contributed by atoms with Crippen LogP contribution in [0.5, 0.6) is 0 Å². The number of anilines is 1. The lowest BCUT2D eigenvalue weighted by atomic mass is 10.1. The lowest BCUT2D eigenvalue weighted by Crippen LogP contribution is -2.38. The molecule has 0 radical (unpaired) electrons. The monoisotopic (exact) mass is 272 g/mol. The highest BCUT2D eigenvalue weighted by atomic mass is 35.5. The molecule has 0 atom stereocenters. The zero-order valence-electron chi connectivity index (χ0n) is 10.2. The molecule has 1 aromatic rings. The highest BCUT2D eigenvalue weighted by Gasteiger charge is 2.27. The van der Waals surface area contributed by atoms with Crippen LogP contribution in [0.4, 0.5) is 11.4 Å². The Balaban J connectivity index is 2.96. The predicted molar refractivity (Wildman–Crippen MR) is 67.8 cm³/mol. The summed E-state index contributed by atoms with van der Waals surface area (Å²) in [6.07, 6.45) is 0. The van der Waals surface area contributed by atoms with Gasteiger partial charge in [0.15, 0.2) is 0 Å². The number of methoxy groups -OCH3 is 1. The maximum Gasteiger partial charge on any atom is 0.289 e. The molecule has 0 spiro atoms. The van der Waals surface area contributed by atoms with Crippen LogP contribution in [0.3, 0.4) is 0 Å². The Morgan fingerprint density at radius 1 is 1.50 bits per heavy atom. The number of nitrogens with one attached hydrogen (secondary N) is 1. The van der Waals surface area contributed by atoms with Crippen LogP contribution >= 0.6 is 11.6 Å². The molecule has 0 fully saturated rings. The fourth-order valence-electron chi connectivity index (χ4n) is 1.10. The van der Waals surface area contributed by atoms with Crippen molar-refractivity contribution in [1.82, 2.24) is 0 Å². The van der Waals surface area contributed by atoms with E-state index in [-0.39, 0.29) is 10.7 Å². The second-order valence-electron chi connectivity index (χ2n) is 4.09. The molecule has 6 nitrogen and oxygen atoms in total. The van der Waals surface area contributed by atoms with Gasteiger partial charge in [0.1, 0.15) is 10.6 Å². The van der Waals surface area contributed by atoms with Gasteiger partial charge in [-0.1, -0.05) is 11.6 Å². The molecule has 0 aromatic heterocycles. The van der Waals surface area contributed by atoms with Gasteiger partial charge in [0.2, 0.25) is 0 Å². The lowest BCUT2D eigenvalue weighted by molar-refractivity contribution is -0.384. The smallest absolute Gasteiger partial charge is 0.289 e. The van der Waals surface area contributed by atoms with Crippen molar-refractivity contribution in [3.05, 3.63) is 33.3 Å². The quantitative estimate of drug-likeness (QED) is 0.675. The molecule has 0 aliphatic carbocycles. The molecule has 0 aliphatic rings. The minimum Gasteiger partial charge on any atom is -0.369 e. The standard InChI is InChI=1S/C11H13ClN2O4/c1-11(2,18-3)10(15)13-7-4-5-8(12)9(6-7)14(16)17/h4-6H,1-3H3,(H,13,15). The van der Waals surface area contributed by atoms with Crippen molar-refractivity contribution in [2.75, 3.05) is 12.4 Å². The van der Waals surface area contributed by atoms with Crippen LogP contribution in [0.15, 0.2) is 18.2 Å². The first-order valence-corrected chi connectivity index (χ1v) is 5.46. The first-order valence-electron chi connectivity index (χ1n) is 5.08. The Hall–Kier alpha value is -1.66. The summed E-state index contributed by atoms with van der Waals surface area (Å²) in [6.45, 7) is 3.18. The molecule has 0 aliphatic heterocycles. The van der Waals surface area contributed by atoms with E-state index >= 15 is 0 Å². The molecule has 1 N–H and O–H groups in total. The van der Waals surface area contributed by atoms with Gasteiger partial charge in [-0.15, -0.1) is 0 Å². The molecule has 0 heterocycles. The lowest BCUT2D eigenvalue weighted by Gasteiger charge is -2.21. The average molecular weight is 273 g/mol. The van der Waals surface area contributed by atoms with E-state index in [1.54, 1.807) is 13.8 Å². The Labute approximate surface area is 109 Å². The van der Waals surface area contributed by atoms with E-state index < -0.39 is 16.4 Å². The van der Waals surface area contributed by atoms with Crippen molar-refractivity contribution in [1.29, 1.82) is 0 Å². The van der Waals surface area contributed by atoms with Gasteiger partial charge in [0, 0.05) is 18.9 Å². The van der Waals surface area contributed by atoms with Gasteiger partial charge in [0.05, 0.1) is 4.92 Å². The van der Waals surface area contributed by atoms with E-state index in [0.29, 0.717) is 5.69 Å². The van der Waals surface area contributed by atoms with E-state index in [2.05, 4.69) is 5.32 Å². The predicted octanol–water partition coefficient (Wildman–Crippen LogP) is 2.61. The van der Waals surface area contributed by atoms with Gasteiger partial charge in [0.25, 0.3) is 11.6 Å². The molecule has 0 saturated heterocycles. The van der Waals surface area contributed by atoms with Gasteiger partial charge < -0.3 is 10.1 Å². The molecule has 1 aromatic carbocycles. The molecule has 98 valence electrons. The molecule has 0 unspecified atom stereocenters. The van der Waals surface area contributed by atoms with Crippen molar-refractivity contribution in [3.63, 3.8) is 0 Å². The highest BCUT2D eigenvalue weighted by molar-refractivity contribution is 6.32. The van der Waals surface area contributed by atoms with Crippen LogP contribution in [-0.4, -0.2) is 23.5 Å². The summed E-state index contributed by atoms with van der Waals surface area (Å²) in [7, 11) is 1.41. The van der Waals surface area contributed by atoms with Crippen molar-refractivity contribution in [2.24, 2.45) is 0 Å². The van der Waals surface area contributed by atoms with Gasteiger partial charge in [-0.05, 0) is 26.0 Å². The number of halogens is 1. The van der Waals surface area contributed by atoms with Gasteiger partial charge in [-0.25, -0.2) is 0 Å². The summed E-state index contributed by atoms with van der Waals surface area (Å²) in [5.41, 5.74) is -0.986. The molecular formula is C11H13ClN2O4. The summed E-state index contributed by atoms with van der Waals surface area (Å²) in [5, 5.41) is 13.2. The summed E-state index contributed by atoms with van der Waals surface area (Å²) in [5.74, 6) is -0.401. The zero-order valence-corrected chi connectivity index (χ0v) is 10.9. The number of amides is 1. The maximum atomic E-state index is 11.8. The normalized spacial score (nSPS) is 11.1. The summed E-state index contributed by atoms with van der Waals surface area (Å²) >= 11 is 5.67. The average Bonchev–Trinajstić information content (AvgIpc) is 2.31. The number of hydrogen-bond acceptors (Lipinski definition) is 4. The summed E-state index contributed by atoms with van der Waals surface area (Å²) in [4.78, 5) is 21.9. The Morgan fingerprint density at radius 3 is 2.61 bits per heavy atom. The van der Waals surface area contributed by atoms with E-state index in [1.165, 1.54) is 25.3 Å². The number of nitro groups is 1. The van der Waals surface area contributed by atoms with E-state index in [4.69, 9.17) is 16.3 Å². The third-order valence-electron chi connectivity index (χ3n) is 2.46. The largest absolute Gasteiger partial charge is 0.369 e. The van der Waals surface area contributed by atoms with E-state index in [9.17, 15) is 14.9 Å². The van der Waals surface area contributed by atoms with Crippen molar-refractivity contribution >= 4 is 28.9 Å². The molecular weight excluding hydrogens is 260 g/mol.